The molecule has 0 aliphatic heterocycles. The second kappa shape index (κ2) is 10.5. The Bertz CT molecular complexity index is 794. The van der Waals surface area contributed by atoms with Gasteiger partial charge in [0, 0.05) is 6.42 Å². The van der Waals surface area contributed by atoms with Crippen LogP contribution in [0, 0.1) is 23.2 Å². The Morgan fingerprint density at radius 1 is 1.33 bits per heavy atom. The third kappa shape index (κ3) is 5.63. The number of hydrogen-bond acceptors (Lipinski definition) is 5. The van der Waals surface area contributed by atoms with Gasteiger partial charge in [-0.25, -0.2) is 4.79 Å². The van der Waals surface area contributed by atoms with E-state index in [1.807, 2.05) is 0 Å². The van der Waals surface area contributed by atoms with Crippen LogP contribution in [0.15, 0.2) is 35.5 Å². The number of aliphatic hydroxyl groups is 3. The molecule has 7 atom stereocenters. The Morgan fingerprint density at radius 2 is 2.06 bits per heavy atom. The summed E-state index contributed by atoms with van der Waals surface area (Å²) in [6.45, 7) is 10.4. The highest BCUT2D eigenvalue weighted by Crippen LogP contribution is 2.60. The molecule has 3 N–H and O–H groups in total. The monoisotopic (exact) mass is 460 g/mol. The fourth-order valence-corrected chi connectivity index (χ4v) is 6.97. The van der Waals surface area contributed by atoms with Gasteiger partial charge in [0.25, 0.3) is 0 Å². The molecule has 3 aliphatic rings. The molecule has 33 heavy (non-hydrogen) atoms. The van der Waals surface area contributed by atoms with Gasteiger partial charge >= 0.3 is 5.97 Å². The Balaban J connectivity index is 1.66. The zero-order valence-corrected chi connectivity index (χ0v) is 21.0. The molecule has 0 saturated heterocycles. The summed E-state index contributed by atoms with van der Waals surface area (Å²) < 4.78 is 4.72. The van der Waals surface area contributed by atoms with E-state index < -0.39 is 23.8 Å². The van der Waals surface area contributed by atoms with Gasteiger partial charge in [0.05, 0.1) is 19.3 Å². The number of carbonyl (C=O) groups excluding carboxylic acids is 1. The van der Waals surface area contributed by atoms with Crippen LogP contribution < -0.4 is 0 Å². The largest absolute Gasteiger partial charge is 0.467 e. The van der Waals surface area contributed by atoms with Gasteiger partial charge in [0.1, 0.15) is 0 Å². The lowest BCUT2D eigenvalue weighted by atomic mass is 9.60. The lowest BCUT2D eigenvalue weighted by Gasteiger charge is -2.44. The number of methoxy groups -OCH3 is 1. The summed E-state index contributed by atoms with van der Waals surface area (Å²) in [6.07, 6.45) is 12.4. The second-order valence-electron chi connectivity index (χ2n) is 11.3. The number of aliphatic hydroxyl groups excluding tert-OH is 2. The predicted molar refractivity (Wildman–Crippen MR) is 130 cm³/mol. The molecule has 0 radical (unpaired) electrons. The van der Waals surface area contributed by atoms with Crippen LogP contribution >= 0.6 is 0 Å². The average Bonchev–Trinajstić information content (AvgIpc) is 3.11. The van der Waals surface area contributed by atoms with E-state index in [1.54, 1.807) is 6.92 Å². The van der Waals surface area contributed by atoms with Crippen LogP contribution in [-0.4, -0.2) is 46.2 Å². The van der Waals surface area contributed by atoms with E-state index in [-0.39, 0.29) is 5.41 Å². The fourth-order valence-electron chi connectivity index (χ4n) is 6.97. The van der Waals surface area contributed by atoms with E-state index in [4.69, 9.17) is 4.74 Å². The summed E-state index contributed by atoms with van der Waals surface area (Å²) >= 11 is 0. The van der Waals surface area contributed by atoms with Crippen molar-refractivity contribution < 1.29 is 24.9 Å². The number of allylic oxidation sites excluding steroid dienone is 3. The zero-order valence-electron chi connectivity index (χ0n) is 21.0. The number of fused-ring (bicyclic) bond motifs is 1. The third-order valence-electron chi connectivity index (χ3n) is 8.94. The first kappa shape index (κ1) is 26.2. The Kier molecular flexibility index (Phi) is 8.29. The van der Waals surface area contributed by atoms with Crippen molar-refractivity contribution in [2.75, 3.05) is 7.11 Å². The Labute approximate surface area is 199 Å². The van der Waals surface area contributed by atoms with Crippen LogP contribution in [0.2, 0.25) is 0 Å². The maximum atomic E-state index is 11.8. The van der Waals surface area contributed by atoms with Crippen LogP contribution in [0.25, 0.3) is 0 Å². The molecule has 0 heterocycles. The van der Waals surface area contributed by atoms with Gasteiger partial charge in [-0.2, -0.15) is 0 Å². The number of rotatable bonds is 7. The molecule has 0 aromatic rings. The molecule has 5 nitrogen and oxygen atoms in total. The van der Waals surface area contributed by atoms with Gasteiger partial charge in [-0.1, -0.05) is 44.6 Å². The molecule has 0 amide bonds. The standard InChI is InChI=1S/C28H44O5/c1-18(8-6-15-28(4,32)26(31)33-5)23-12-13-24-20(9-7-14-27(23,24)3)10-11-21-16-22(29)17-25(30)19(21)2/h10-11,18,22-25,29-30,32H,2,6-9,12-17H2,1,3-5H3/b20-10+,21-11-/t18-,22?,23?,24?,25?,27-,28?/m1/s1. The highest BCUT2D eigenvalue weighted by atomic mass is 16.5. The van der Waals surface area contributed by atoms with Crippen molar-refractivity contribution in [2.45, 2.75) is 103 Å². The lowest BCUT2D eigenvalue weighted by molar-refractivity contribution is -0.161. The van der Waals surface area contributed by atoms with Crippen LogP contribution in [-0.2, 0) is 9.53 Å². The molecule has 0 aromatic heterocycles. The van der Waals surface area contributed by atoms with Crippen LogP contribution in [0.1, 0.15) is 85.0 Å². The third-order valence-corrected chi connectivity index (χ3v) is 8.94. The molecule has 186 valence electrons. The SMILES string of the molecule is C=C1/C(=C\C=C2/CCC[C@@]3(C)C2CCC3[C@H](C)CCCC(C)(O)C(=O)OC)CC(O)CC1O. The topological polar surface area (TPSA) is 87.0 Å². The van der Waals surface area contributed by atoms with Crippen molar-refractivity contribution in [1.29, 1.82) is 0 Å². The fraction of sp³-hybridized carbons (Fsp3) is 0.750. The molecule has 5 unspecified atom stereocenters. The smallest absolute Gasteiger partial charge is 0.337 e. The van der Waals surface area contributed by atoms with Gasteiger partial charge < -0.3 is 20.1 Å². The molecule has 5 heteroatoms. The predicted octanol–water partition coefficient (Wildman–Crippen LogP) is 4.86. The van der Waals surface area contributed by atoms with E-state index in [2.05, 4.69) is 32.6 Å². The van der Waals surface area contributed by atoms with E-state index in [1.165, 1.54) is 38.4 Å². The Hall–Kier alpha value is -1.43. The number of ether oxygens (including phenoxy) is 1. The highest BCUT2D eigenvalue weighted by molar-refractivity contribution is 5.78. The summed E-state index contributed by atoms with van der Waals surface area (Å²) in [4.78, 5) is 11.8. The second-order valence-corrected chi connectivity index (χ2v) is 11.3. The van der Waals surface area contributed by atoms with Crippen molar-refractivity contribution in [1.82, 2.24) is 0 Å². The molecule has 0 bridgehead atoms. The van der Waals surface area contributed by atoms with Gasteiger partial charge in [-0.05, 0) is 92.6 Å². The minimum absolute atomic E-state index is 0.273. The van der Waals surface area contributed by atoms with Gasteiger partial charge in [-0.3, -0.25) is 0 Å². The van der Waals surface area contributed by atoms with Crippen molar-refractivity contribution in [3.05, 3.63) is 35.5 Å². The Morgan fingerprint density at radius 3 is 2.76 bits per heavy atom. The van der Waals surface area contributed by atoms with E-state index >= 15 is 0 Å². The van der Waals surface area contributed by atoms with Crippen molar-refractivity contribution in [3.8, 4) is 0 Å². The van der Waals surface area contributed by atoms with Crippen molar-refractivity contribution >= 4 is 5.97 Å². The molecule has 3 fully saturated rings. The normalized spacial score (nSPS) is 37.6. The van der Waals surface area contributed by atoms with Gasteiger partial charge in [0.2, 0.25) is 0 Å². The minimum Gasteiger partial charge on any atom is -0.467 e. The summed E-state index contributed by atoms with van der Waals surface area (Å²) in [6, 6.07) is 0. The lowest BCUT2D eigenvalue weighted by Crippen LogP contribution is -2.37. The maximum absolute atomic E-state index is 11.8. The molecular formula is C28H44O5. The summed E-state index contributed by atoms with van der Waals surface area (Å²) in [5.74, 6) is 1.19. The van der Waals surface area contributed by atoms with Gasteiger partial charge in [-0.15, -0.1) is 0 Å². The summed E-state index contributed by atoms with van der Waals surface area (Å²) in [5, 5.41) is 30.5. The van der Waals surface area contributed by atoms with E-state index in [0.29, 0.717) is 37.0 Å². The number of esters is 1. The molecule has 3 aliphatic carbocycles. The molecule has 0 spiro atoms. The highest BCUT2D eigenvalue weighted by Gasteiger charge is 2.50. The molecule has 0 aromatic carbocycles. The zero-order chi connectivity index (χ0) is 24.4. The molecular weight excluding hydrogens is 416 g/mol. The van der Waals surface area contributed by atoms with E-state index in [9.17, 15) is 20.1 Å². The average molecular weight is 461 g/mol. The summed E-state index contributed by atoms with van der Waals surface area (Å²) in [7, 11) is 1.32. The van der Waals surface area contributed by atoms with E-state index in [0.717, 1.165) is 30.4 Å². The van der Waals surface area contributed by atoms with Crippen molar-refractivity contribution in [3.63, 3.8) is 0 Å². The first-order valence-electron chi connectivity index (χ1n) is 12.7. The van der Waals surface area contributed by atoms with Crippen LogP contribution in [0.3, 0.4) is 0 Å². The first-order valence-corrected chi connectivity index (χ1v) is 12.7. The van der Waals surface area contributed by atoms with Gasteiger partial charge in [0.15, 0.2) is 5.60 Å². The number of hydrogen-bond donors (Lipinski definition) is 3. The molecule has 3 rings (SSSR count). The van der Waals surface area contributed by atoms with Crippen molar-refractivity contribution in [2.24, 2.45) is 23.2 Å². The number of carbonyl (C=O) groups is 1. The maximum Gasteiger partial charge on any atom is 0.337 e. The molecule has 3 saturated carbocycles. The van der Waals surface area contributed by atoms with Crippen LogP contribution in [0.5, 0.6) is 0 Å². The van der Waals surface area contributed by atoms with Crippen LogP contribution in [0.4, 0.5) is 0 Å². The minimum atomic E-state index is -1.41. The summed E-state index contributed by atoms with van der Waals surface area (Å²) in [5.41, 5.74) is 2.09. The quantitative estimate of drug-likeness (QED) is 0.473. The first-order chi connectivity index (χ1) is 15.5.